The summed E-state index contributed by atoms with van der Waals surface area (Å²) in [7, 11) is 1.42. The van der Waals surface area contributed by atoms with Crippen LogP contribution in [0.4, 0.5) is 5.69 Å². The molecular weight excluding hydrogens is 274 g/mol. The van der Waals surface area contributed by atoms with Gasteiger partial charge in [-0.25, -0.2) is 0 Å². The van der Waals surface area contributed by atoms with Crippen LogP contribution in [0.1, 0.15) is 27.1 Å². The fourth-order valence-electron chi connectivity index (χ4n) is 2.47. The molecule has 3 rings (SSSR count). The van der Waals surface area contributed by atoms with Crippen LogP contribution in [0.15, 0.2) is 18.2 Å². The molecule has 2 heterocycles. The van der Waals surface area contributed by atoms with Crippen LogP contribution >= 0.6 is 0 Å². The highest BCUT2D eigenvalue weighted by Gasteiger charge is 2.33. The van der Waals surface area contributed by atoms with Gasteiger partial charge in [0, 0.05) is 25.7 Å². The van der Waals surface area contributed by atoms with Gasteiger partial charge in [0.15, 0.2) is 0 Å². The van der Waals surface area contributed by atoms with Gasteiger partial charge in [-0.05, 0) is 18.2 Å². The van der Waals surface area contributed by atoms with Crippen LogP contribution in [0.5, 0.6) is 0 Å². The number of benzene rings is 1. The van der Waals surface area contributed by atoms with Gasteiger partial charge in [0.1, 0.15) is 0 Å². The molecule has 1 fully saturated rings. The molecule has 1 aromatic carbocycles. The minimum Gasteiger partial charge on any atom is -0.355 e. The topological polar surface area (TPSA) is 95.6 Å². The zero-order valence-corrected chi connectivity index (χ0v) is 11.3. The van der Waals surface area contributed by atoms with Gasteiger partial charge in [-0.1, -0.05) is 0 Å². The summed E-state index contributed by atoms with van der Waals surface area (Å²) < 4.78 is 0. The standard InChI is InChI=1S/C14H13N3O4/c1-17-13(20)9-3-2-8(5-10(9)14(17)21)16-12(19)7-4-11(18)15-6-7/h2-3,5,7H,4,6H2,1H3,(H,15,18)(H,16,19). The van der Waals surface area contributed by atoms with Gasteiger partial charge in [-0.15, -0.1) is 0 Å². The summed E-state index contributed by atoms with van der Waals surface area (Å²) in [4.78, 5) is 47.8. The predicted molar refractivity (Wildman–Crippen MR) is 72.6 cm³/mol. The number of anilines is 1. The normalized spacial score (nSPS) is 20.5. The second-order valence-corrected chi connectivity index (χ2v) is 5.12. The number of imide groups is 1. The van der Waals surface area contributed by atoms with E-state index < -0.39 is 5.92 Å². The highest BCUT2D eigenvalue weighted by molar-refractivity contribution is 6.21. The Morgan fingerprint density at radius 3 is 2.62 bits per heavy atom. The molecule has 2 aliphatic rings. The van der Waals surface area contributed by atoms with Crippen molar-refractivity contribution in [3.05, 3.63) is 29.3 Å². The third-order valence-electron chi connectivity index (χ3n) is 3.71. The van der Waals surface area contributed by atoms with Crippen LogP contribution in [-0.4, -0.2) is 42.1 Å². The van der Waals surface area contributed by atoms with E-state index in [0.717, 1.165) is 4.90 Å². The lowest BCUT2D eigenvalue weighted by molar-refractivity contribution is -0.123. The Hall–Kier alpha value is -2.70. The third kappa shape index (κ3) is 2.16. The number of hydrogen-bond donors (Lipinski definition) is 2. The van der Waals surface area contributed by atoms with E-state index >= 15 is 0 Å². The van der Waals surface area contributed by atoms with E-state index in [2.05, 4.69) is 10.6 Å². The van der Waals surface area contributed by atoms with Crippen molar-refractivity contribution in [3.63, 3.8) is 0 Å². The molecule has 1 saturated heterocycles. The average molecular weight is 287 g/mol. The first-order valence-electron chi connectivity index (χ1n) is 6.51. The van der Waals surface area contributed by atoms with Gasteiger partial charge >= 0.3 is 0 Å². The first-order valence-corrected chi connectivity index (χ1v) is 6.51. The molecule has 0 aromatic heterocycles. The van der Waals surface area contributed by atoms with Crippen molar-refractivity contribution in [3.8, 4) is 0 Å². The lowest BCUT2D eigenvalue weighted by atomic mass is 10.1. The fourth-order valence-corrected chi connectivity index (χ4v) is 2.47. The Morgan fingerprint density at radius 1 is 1.24 bits per heavy atom. The van der Waals surface area contributed by atoms with Gasteiger partial charge in [0.2, 0.25) is 11.8 Å². The molecule has 0 spiro atoms. The highest BCUT2D eigenvalue weighted by atomic mass is 16.2. The smallest absolute Gasteiger partial charge is 0.261 e. The second kappa shape index (κ2) is 4.69. The van der Waals surface area contributed by atoms with Crippen LogP contribution in [0.2, 0.25) is 0 Å². The van der Waals surface area contributed by atoms with Crippen LogP contribution < -0.4 is 10.6 Å². The molecule has 0 bridgehead atoms. The maximum Gasteiger partial charge on any atom is 0.261 e. The van der Waals surface area contributed by atoms with E-state index in [1.165, 1.54) is 19.2 Å². The number of carbonyl (C=O) groups is 4. The summed E-state index contributed by atoms with van der Waals surface area (Å²) >= 11 is 0. The quantitative estimate of drug-likeness (QED) is 0.748. The van der Waals surface area contributed by atoms with Crippen molar-refractivity contribution >= 4 is 29.3 Å². The minimum absolute atomic E-state index is 0.147. The summed E-state index contributed by atoms with van der Waals surface area (Å²) in [6, 6.07) is 4.58. The largest absolute Gasteiger partial charge is 0.355 e. The Bertz CT molecular complexity index is 683. The summed E-state index contributed by atoms with van der Waals surface area (Å²) in [5, 5.41) is 5.26. The molecule has 1 unspecified atom stereocenters. The lowest BCUT2D eigenvalue weighted by Gasteiger charge is -2.09. The van der Waals surface area contributed by atoms with E-state index in [1.54, 1.807) is 6.07 Å². The van der Waals surface area contributed by atoms with Gasteiger partial charge in [0.25, 0.3) is 11.8 Å². The Kier molecular flexibility index (Phi) is 2.97. The molecule has 21 heavy (non-hydrogen) atoms. The summed E-state index contributed by atoms with van der Waals surface area (Å²) in [6.07, 6.45) is 0.164. The summed E-state index contributed by atoms with van der Waals surface area (Å²) in [5.74, 6) is -1.57. The van der Waals surface area contributed by atoms with E-state index in [1.807, 2.05) is 0 Å². The van der Waals surface area contributed by atoms with Crippen LogP contribution in [0, 0.1) is 5.92 Å². The van der Waals surface area contributed by atoms with Crippen LogP contribution in [-0.2, 0) is 9.59 Å². The molecule has 2 N–H and O–H groups in total. The summed E-state index contributed by atoms with van der Waals surface area (Å²) in [5.41, 5.74) is 1.05. The first kappa shape index (κ1) is 13.3. The monoisotopic (exact) mass is 287 g/mol. The predicted octanol–water partition coefficient (Wildman–Crippen LogP) is -0.0130. The van der Waals surface area contributed by atoms with Crippen molar-refractivity contribution in [1.29, 1.82) is 0 Å². The number of rotatable bonds is 2. The Balaban J connectivity index is 1.79. The van der Waals surface area contributed by atoms with Crippen molar-refractivity contribution in [2.45, 2.75) is 6.42 Å². The second-order valence-electron chi connectivity index (χ2n) is 5.12. The molecule has 2 aliphatic heterocycles. The molecular formula is C14H13N3O4. The molecule has 1 atom stereocenters. The van der Waals surface area contributed by atoms with Gasteiger partial charge < -0.3 is 10.6 Å². The number of hydrogen-bond acceptors (Lipinski definition) is 4. The first-order chi connectivity index (χ1) is 9.97. The molecule has 7 nitrogen and oxygen atoms in total. The maximum atomic E-state index is 12.0. The zero-order valence-electron chi connectivity index (χ0n) is 11.3. The van der Waals surface area contributed by atoms with E-state index in [0.29, 0.717) is 17.8 Å². The maximum absolute atomic E-state index is 12.0. The average Bonchev–Trinajstić information content (AvgIpc) is 2.98. The summed E-state index contributed by atoms with van der Waals surface area (Å²) in [6.45, 7) is 0.315. The minimum atomic E-state index is -0.411. The lowest BCUT2D eigenvalue weighted by Crippen LogP contribution is -2.25. The SMILES string of the molecule is CN1C(=O)c2ccc(NC(=O)C3CNC(=O)C3)cc2C1=O. The van der Waals surface area contributed by atoms with Crippen molar-refractivity contribution in [2.75, 3.05) is 18.9 Å². The number of nitrogens with zero attached hydrogens (tertiary/aromatic N) is 1. The zero-order chi connectivity index (χ0) is 15.1. The number of carbonyl (C=O) groups excluding carboxylic acids is 4. The van der Waals surface area contributed by atoms with Crippen molar-refractivity contribution in [1.82, 2.24) is 10.2 Å². The molecule has 108 valence electrons. The van der Waals surface area contributed by atoms with Crippen molar-refractivity contribution < 1.29 is 19.2 Å². The number of fused-ring (bicyclic) bond motifs is 1. The van der Waals surface area contributed by atoms with Gasteiger partial charge in [-0.2, -0.15) is 0 Å². The molecule has 1 aromatic rings. The fraction of sp³-hybridized carbons (Fsp3) is 0.286. The van der Waals surface area contributed by atoms with E-state index in [9.17, 15) is 19.2 Å². The van der Waals surface area contributed by atoms with Crippen LogP contribution in [0.3, 0.4) is 0 Å². The molecule has 4 amide bonds. The van der Waals surface area contributed by atoms with Crippen LogP contribution in [0.25, 0.3) is 0 Å². The molecule has 0 saturated carbocycles. The highest BCUT2D eigenvalue weighted by Crippen LogP contribution is 2.25. The van der Waals surface area contributed by atoms with E-state index in [-0.39, 0.29) is 35.6 Å². The third-order valence-corrected chi connectivity index (χ3v) is 3.71. The number of nitrogens with one attached hydrogen (secondary N) is 2. The van der Waals surface area contributed by atoms with Gasteiger partial charge in [0.05, 0.1) is 17.0 Å². The van der Waals surface area contributed by atoms with Crippen molar-refractivity contribution in [2.24, 2.45) is 5.92 Å². The molecule has 0 aliphatic carbocycles. The van der Waals surface area contributed by atoms with Gasteiger partial charge in [-0.3, -0.25) is 24.1 Å². The molecule has 0 radical (unpaired) electrons. The number of amides is 4. The Morgan fingerprint density at radius 2 is 1.95 bits per heavy atom. The van der Waals surface area contributed by atoms with E-state index in [4.69, 9.17) is 0 Å². The molecule has 7 heteroatoms. The Labute approximate surface area is 120 Å².